The summed E-state index contributed by atoms with van der Waals surface area (Å²) in [7, 11) is 0. The molecule has 1 aliphatic heterocycles. The van der Waals surface area contributed by atoms with E-state index in [4.69, 9.17) is 4.74 Å². The van der Waals surface area contributed by atoms with Gasteiger partial charge in [-0.1, -0.05) is 37.3 Å². The third-order valence-electron chi connectivity index (χ3n) is 3.85. The Morgan fingerprint density at radius 1 is 1.38 bits per heavy atom. The van der Waals surface area contributed by atoms with Gasteiger partial charge in [0.05, 0.1) is 12.0 Å². The van der Waals surface area contributed by atoms with Crippen LogP contribution < -0.4 is 5.32 Å². The van der Waals surface area contributed by atoms with Gasteiger partial charge in [-0.3, -0.25) is 4.79 Å². The highest BCUT2D eigenvalue weighted by Crippen LogP contribution is 2.23. The predicted octanol–water partition coefficient (Wildman–Crippen LogP) is 1.61. The Bertz CT molecular complexity index is 488. The number of nitrogens with one attached hydrogen (secondary N) is 1. The maximum absolute atomic E-state index is 12.3. The van der Waals surface area contributed by atoms with Crippen molar-refractivity contribution >= 4 is 11.9 Å². The normalized spacial score (nSPS) is 22.7. The maximum Gasteiger partial charge on any atom is 0.326 e. The standard InChI is InChI=1S/C16H21NO4/c1-2-14-12(8-9-21-14)15(18)17-13(16(19)20)10-11-6-4-3-5-7-11/h3-7,12-14H,2,8-10H2,1H3,(H,17,18)(H,19,20). The molecule has 5 nitrogen and oxygen atoms in total. The van der Waals surface area contributed by atoms with E-state index < -0.39 is 12.0 Å². The molecule has 0 spiro atoms. The Balaban J connectivity index is 1.99. The summed E-state index contributed by atoms with van der Waals surface area (Å²) in [6.07, 6.45) is 1.60. The van der Waals surface area contributed by atoms with Crippen LogP contribution in [-0.4, -0.2) is 35.7 Å². The van der Waals surface area contributed by atoms with E-state index in [-0.39, 0.29) is 24.3 Å². The Kier molecular flexibility index (Phi) is 5.33. The zero-order valence-corrected chi connectivity index (χ0v) is 12.1. The van der Waals surface area contributed by atoms with Gasteiger partial charge >= 0.3 is 5.97 Å². The number of carbonyl (C=O) groups is 2. The van der Waals surface area contributed by atoms with Gasteiger partial charge in [0.1, 0.15) is 6.04 Å². The van der Waals surface area contributed by atoms with Crippen LogP contribution in [0.2, 0.25) is 0 Å². The van der Waals surface area contributed by atoms with Crippen LogP contribution in [0.3, 0.4) is 0 Å². The molecule has 1 aromatic rings. The molecule has 0 radical (unpaired) electrons. The molecular weight excluding hydrogens is 270 g/mol. The van der Waals surface area contributed by atoms with E-state index in [9.17, 15) is 14.7 Å². The van der Waals surface area contributed by atoms with Gasteiger partial charge in [0.25, 0.3) is 0 Å². The minimum atomic E-state index is -1.01. The Hall–Kier alpha value is -1.88. The molecule has 0 aliphatic carbocycles. The average Bonchev–Trinajstić information content (AvgIpc) is 2.96. The minimum absolute atomic E-state index is 0.101. The predicted molar refractivity (Wildman–Crippen MR) is 77.9 cm³/mol. The second-order valence-electron chi connectivity index (χ2n) is 5.30. The van der Waals surface area contributed by atoms with Gasteiger partial charge in [0.15, 0.2) is 0 Å². The molecule has 5 heteroatoms. The molecule has 0 aromatic heterocycles. The molecule has 3 atom stereocenters. The lowest BCUT2D eigenvalue weighted by Crippen LogP contribution is -2.46. The number of carboxylic acid groups (broad SMARTS) is 1. The number of ether oxygens (including phenoxy) is 1. The van der Waals surface area contributed by atoms with Crippen molar-refractivity contribution in [3.8, 4) is 0 Å². The second kappa shape index (κ2) is 7.22. The molecule has 114 valence electrons. The van der Waals surface area contributed by atoms with E-state index >= 15 is 0 Å². The Morgan fingerprint density at radius 3 is 2.71 bits per heavy atom. The van der Waals surface area contributed by atoms with E-state index in [0.29, 0.717) is 13.0 Å². The molecule has 2 N–H and O–H groups in total. The summed E-state index contributed by atoms with van der Waals surface area (Å²) >= 11 is 0. The lowest BCUT2D eigenvalue weighted by molar-refractivity contribution is -0.142. The number of aliphatic carboxylic acids is 1. The lowest BCUT2D eigenvalue weighted by Gasteiger charge is -2.20. The number of hydrogen-bond donors (Lipinski definition) is 2. The van der Waals surface area contributed by atoms with Gasteiger partial charge in [0.2, 0.25) is 5.91 Å². The maximum atomic E-state index is 12.3. The molecule has 1 amide bonds. The minimum Gasteiger partial charge on any atom is -0.480 e. The number of amides is 1. The van der Waals surface area contributed by atoms with Crippen molar-refractivity contribution in [2.75, 3.05) is 6.61 Å². The largest absolute Gasteiger partial charge is 0.480 e. The highest BCUT2D eigenvalue weighted by molar-refractivity contribution is 5.85. The Morgan fingerprint density at radius 2 is 2.10 bits per heavy atom. The van der Waals surface area contributed by atoms with Crippen molar-refractivity contribution in [2.45, 2.75) is 38.3 Å². The number of rotatable bonds is 6. The van der Waals surface area contributed by atoms with Crippen LogP contribution in [0.5, 0.6) is 0 Å². The fourth-order valence-corrected chi connectivity index (χ4v) is 2.68. The molecule has 1 aliphatic rings. The van der Waals surface area contributed by atoms with Crippen molar-refractivity contribution in [3.05, 3.63) is 35.9 Å². The van der Waals surface area contributed by atoms with Crippen LogP contribution in [0.25, 0.3) is 0 Å². The third kappa shape index (κ3) is 4.04. The van der Waals surface area contributed by atoms with Crippen molar-refractivity contribution in [2.24, 2.45) is 5.92 Å². The summed E-state index contributed by atoms with van der Waals surface area (Å²) in [5.41, 5.74) is 0.889. The highest BCUT2D eigenvalue weighted by Gasteiger charge is 2.34. The van der Waals surface area contributed by atoms with E-state index in [0.717, 1.165) is 12.0 Å². The van der Waals surface area contributed by atoms with Crippen molar-refractivity contribution in [1.82, 2.24) is 5.32 Å². The summed E-state index contributed by atoms with van der Waals surface area (Å²) in [4.78, 5) is 23.6. The first-order valence-corrected chi connectivity index (χ1v) is 7.30. The SMILES string of the molecule is CCC1OCCC1C(=O)NC(Cc1ccccc1)C(=O)O. The molecule has 3 unspecified atom stereocenters. The third-order valence-corrected chi connectivity index (χ3v) is 3.85. The number of carbonyl (C=O) groups excluding carboxylic acids is 1. The smallest absolute Gasteiger partial charge is 0.326 e. The van der Waals surface area contributed by atoms with Gasteiger partial charge < -0.3 is 15.2 Å². The van der Waals surface area contributed by atoms with Crippen LogP contribution in [0.4, 0.5) is 0 Å². The van der Waals surface area contributed by atoms with Crippen LogP contribution in [0.1, 0.15) is 25.3 Å². The first kappa shape index (κ1) is 15.5. The van der Waals surface area contributed by atoms with E-state index in [1.807, 2.05) is 37.3 Å². The van der Waals surface area contributed by atoms with E-state index in [1.54, 1.807) is 0 Å². The number of carboxylic acids is 1. The average molecular weight is 291 g/mol. The van der Waals surface area contributed by atoms with Crippen molar-refractivity contribution in [3.63, 3.8) is 0 Å². The molecule has 21 heavy (non-hydrogen) atoms. The topological polar surface area (TPSA) is 75.6 Å². The van der Waals surface area contributed by atoms with Gasteiger partial charge in [-0.2, -0.15) is 0 Å². The quantitative estimate of drug-likeness (QED) is 0.835. The summed E-state index contributed by atoms with van der Waals surface area (Å²) in [6.45, 7) is 2.53. The molecule has 0 saturated carbocycles. The summed E-state index contributed by atoms with van der Waals surface area (Å²) in [5, 5.41) is 12.0. The zero-order chi connectivity index (χ0) is 15.2. The highest BCUT2D eigenvalue weighted by atomic mass is 16.5. The first-order valence-electron chi connectivity index (χ1n) is 7.30. The molecule has 1 heterocycles. The van der Waals surface area contributed by atoms with Crippen LogP contribution in [-0.2, 0) is 20.7 Å². The number of benzene rings is 1. The summed E-state index contributed by atoms with van der Waals surface area (Å²) < 4.78 is 5.49. The molecular formula is C16H21NO4. The van der Waals surface area contributed by atoms with Crippen molar-refractivity contribution in [1.29, 1.82) is 0 Å². The van der Waals surface area contributed by atoms with Gasteiger partial charge in [0, 0.05) is 13.0 Å². The fourth-order valence-electron chi connectivity index (χ4n) is 2.68. The van der Waals surface area contributed by atoms with Crippen molar-refractivity contribution < 1.29 is 19.4 Å². The Labute approximate surface area is 124 Å². The second-order valence-corrected chi connectivity index (χ2v) is 5.30. The van der Waals surface area contributed by atoms with Crippen LogP contribution in [0, 0.1) is 5.92 Å². The van der Waals surface area contributed by atoms with Gasteiger partial charge in [-0.05, 0) is 18.4 Å². The van der Waals surface area contributed by atoms with E-state index in [1.165, 1.54) is 0 Å². The molecule has 2 rings (SSSR count). The molecule has 1 fully saturated rings. The molecule has 0 bridgehead atoms. The molecule has 1 aromatic carbocycles. The fraction of sp³-hybridized carbons (Fsp3) is 0.500. The first-order chi connectivity index (χ1) is 10.1. The monoisotopic (exact) mass is 291 g/mol. The van der Waals surface area contributed by atoms with Crippen LogP contribution >= 0.6 is 0 Å². The summed E-state index contributed by atoms with van der Waals surface area (Å²) in [5.74, 6) is -1.48. The molecule has 1 saturated heterocycles. The zero-order valence-electron chi connectivity index (χ0n) is 12.1. The van der Waals surface area contributed by atoms with E-state index in [2.05, 4.69) is 5.32 Å². The number of hydrogen-bond acceptors (Lipinski definition) is 3. The lowest BCUT2D eigenvalue weighted by atomic mass is 9.97. The van der Waals surface area contributed by atoms with Gasteiger partial charge in [-0.25, -0.2) is 4.79 Å². The van der Waals surface area contributed by atoms with Crippen LogP contribution in [0.15, 0.2) is 30.3 Å². The van der Waals surface area contributed by atoms with Gasteiger partial charge in [-0.15, -0.1) is 0 Å². The summed E-state index contributed by atoms with van der Waals surface area (Å²) in [6, 6.07) is 8.39.